The molecule has 2 aromatic carbocycles. The van der Waals surface area contributed by atoms with Crippen molar-refractivity contribution in [3.8, 4) is 0 Å². The molecule has 1 aliphatic heterocycles. The van der Waals surface area contributed by atoms with Crippen molar-refractivity contribution in [2.24, 2.45) is 0 Å². The number of benzene rings is 2. The molecule has 6 heteroatoms. The average Bonchev–Trinajstić information content (AvgIpc) is 3.06. The van der Waals surface area contributed by atoms with Crippen molar-refractivity contribution in [1.29, 1.82) is 0 Å². The summed E-state index contributed by atoms with van der Waals surface area (Å²) in [6.07, 6.45) is 1.30. The molecule has 1 N–H and O–H groups in total. The van der Waals surface area contributed by atoms with Crippen LogP contribution in [0.5, 0.6) is 0 Å². The SMILES string of the molecule is Cc1cc(C(=O)NC2CCc3ccccc3N(C)C2=O)nn1Cc1ccccc1. The predicted molar refractivity (Wildman–Crippen MR) is 112 cm³/mol. The molecular weight excluding hydrogens is 364 g/mol. The van der Waals surface area contributed by atoms with E-state index in [1.807, 2.05) is 61.5 Å². The van der Waals surface area contributed by atoms with Crippen LogP contribution in [0.15, 0.2) is 60.7 Å². The first kappa shape index (κ1) is 18.9. The molecule has 0 aliphatic carbocycles. The third-order valence-electron chi connectivity index (χ3n) is 5.38. The molecule has 4 rings (SSSR count). The van der Waals surface area contributed by atoms with Crippen LogP contribution < -0.4 is 10.2 Å². The highest BCUT2D eigenvalue weighted by Crippen LogP contribution is 2.25. The van der Waals surface area contributed by atoms with E-state index in [0.717, 1.165) is 28.9 Å². The maximum absolute atomic E-state index is 12.9. The van der Waals surface area contributed by atoms with Gasteiger partial charge in [0.05, 0.1) is 6.54 Å². The van der Waals surface area contributed by atoms with Crippen LogP contribution in [0.1, 0.15) is 33.7 Å². The number of hydrogen-bond donors (Lipinski definition) is 1. The monoisotopic (exact) mass is 388 g/mol. The van der Waals surface area contributed by atoms with E-state index in [-0.39, 0.29) is 11.8 Å². The predicted octanol–water partition coefficient (Wildman–Crippen LogP) is 2.95. The zero-order valence-electron chi connectivity index (χ0n) is 16.6. The van der Waals surface area contributed by atoms with Gasteiger partial charge >= 0.3 is 0 Å². The summed E-state index contributed by atoms with van der Waals surface area (Å²) in [5.74, 6) is -0.429. The Morgan fingerprint density at radius 2 is 1.86 bits per heavy atom. The van der Waals surface area contributed by atoms with E-state index in [1.54, 1.807) is 22.7 Å². The minimum atomic E-state index is -0.570. The Hall–Kier alpha value is -3.41. The van der Waals surface area contributed by atoms with Crippen LogP contribution >= 0.6 is 0 Å². The summed E-state index contributed by atoms with van der Waals surface area (Å²) in [6, 6.07) is 19.0. The second kappa shape index (κ2) is 7.91. The minimum absolute atomic E-state index is 0.108. The highest BCUT2D eigenvalue weighted by Gasteiger charge is 2.29. The van der Waals surface area contributed by atoms with E-state index in [2.05, 4.69) is 10.4 Å². The lowest BCUT2D eigenvalue weighted by Crippen LogP contribution is -2.46. The molecule has 0 saturated carbocycles. The van der Waals surface area contributed by atoms with E-state index < -0.39 is 6.04 Å². The molecule has 148 valence electrons. The van der Waals surface area contributed by atoms with E-state index >= 15 is 0 Å². The number of amides is 2. The quantitative estimate of drug-likeness (QED) is 0.747. The van der Waals surface area contributed by atoms with Gasteiger partial charge in [0.2, 0.25) is 5.91 Å². The zero-order valence-corrected chi connectivity index (χ0v) is 16.6. The van der Waals surface area contributed by atoms with Crippen LogP contribution in [0.2, 0.25) is 0 Å². The summed E-state index contributed by atoms with van der Waals surface area (Å²) in [5, 5.41) is 7.35. The fourth-order valence-corrected chi connectivity index (χ4v) is 3.73. The molecule has 1 unspecified atom stereocenters. The number of aryl methyl sites for hydroxylation is 2. The Bertz CT molecular complexity index is 1040. The van der Waals surface area contributed by atoms with Gasteiger partial charge in [0.15, 0.2) is 0 Å². The maximum Gasteiger partial charge on any atom is 0.272 e. The minimum Gasteiger partial charge on any atom is -0.339 e. The number of para-hydroxylation sites is 1. The van der Waals surface area contributed by atoms with Gasteiger partial charge in [-0.15, -0.1) is 0 Å². The van der Waals surface area contributed by atoms with Gasteiger partial charge in [-0.3, -0.25) is 14.3 Å². The van der Waals surface area contributed by atoms with E-state index in [1.165, 1.54) is 0 Å². The summed E-state index contributed by atoms with van der Waals surface area (Å²) in [5.41, 5.74) is 4.36. The number of likely N-dealkylation sites (N-methyl/N-ethyl adjacent to an activating group) is 1. The molecule has 1 aromatic heterocycles. The first-order chi connectivity index (χ1) is 14.0. The molecular formula is C23H24N4O2. The molecule has 2 amide bonds. The van der Waals surface area contributed by atoms with Crippen molar-refractivity contribution in [3.05, 3.63) is 83.2 Å². The normalized spacial score (nSPS) is 16.3. The van der Waals surface area contributed by atoms with Crippen LogP contribution in [0.25, 0.3) is 0 Å². The zero-order chi connectivity index (χ0) is 20.4. The molecule has 0 bridgehead atoms. The van der Waals surface area contributed by atoms with Gasteiger partial charge < -0.3 is 10.2 Å². The van der Waals surface area contributed by atoms with Gasteiger partial charge in [-0.2, -0.15) is 5.10 Å². The van der Waals surface area contributed by atoms with E-state index in [9.17, 15) is 9.59 Å². The summed E-state index contributed by atoms with van der Waals surface area (Å²) < 4.78 is 1.81. The third kappa shape index (κ3) is 3.92. The summed E-state index contributed by atoms with van der Waals surface area (Å²) in [4.78, 5) is 27.3. The Morgan fingerprint density at radius 3 is 2.66 bits per heavy atom. The number of hydrogen-bond acceptors (Lipinski definition) is 3. The molecule has 0 saturated heterocycles. The Labute approximate surface area is 170 Å². The second-order valence-electron chi connectivity index (χ2n) is 7.40. The van der Waals surface area contributed by atoms with E-state index in [4.69, 9.17) is 0 Å². The van der Waals surface area contributed by atoms with Crippen LogP contribution in [-0.2, 0) is 17.8 Å². The van der Waals surface area contributed by atoms with Crippen molar-refractivity contribution in [2.75, 3.05) is 11.9 Å². The van der Waals surface area contributed by atoms with Crippen LogP contribution in [0, 0.1) is 6.92 Å². The van der Waals surface area contributed by atoms with Crippen molar-refractivity contribution < 1.29 is 9.59 Å². The van der Waals surface area contributed by atoms with Crippen molar-refractivity contribution in [2.45, 2.75) is 32.4 Å². The Balaban J connectivity index is 1.48. The van der Waals surface area contributed by atoms with Crippen LogP contribution in [0.3, 0.4) is 0 Å². The summed E-state index contributed by atoms with van der Waals surface area (Å²) in [6.45, 7) is 2.52. The molecule has 0 spiro atoms. The van der Waals surface area contributed by atoms with Gasteiger partial charge in [0.1, 0.15) is 11.7 Å². The van der Waals surface area contributed by atoms with Gasteiger partial charge in [-0.1, -0.05) is 48.5 Å². The average molecular weight is 388 g/mol. The highest BCUT2D eigenvalue weighted by molar-refractivity contribution is 6.02. The number of carbonyl (C=O) groups is 2. The molecule has 0 radical (unpaired) electrons. The van der Waals surface area contributed by atoms with Crippen molar-refractivity contribution in [3.63, 3.8) is 0 Å². The molecule has 1 aliphatic rings. The number of anilines is 1. The topological polar surface area (TPSA) is 67.2 Å². The summed E-state index contributed by atoms with van der Waals surface area (Å²) in [7, 11) is 1.75. The smallest absolute Gasteiger partial charge is 0.272 e. The molecule has 2 heterocycles. The largest absolute Gasteiger partial charge is 0.339 e. The first-order valence-electron chi connectivity index (χ1n) is 9.77. The van der Waals surface area contributed by atoms with Gasteiger partial charge in [0, 0.05) is 18.4 Å². The lowest BCUT2D eigenvalue weighted by atomic mass is 10.1. The molecule has 0 fully saturated rings. The first-order valence-corrected chi connectivity index (χ1v) is 9.77. The number of carbonyl (C=O) groups excluding carboxylic acids is 2. The van der Waals surface area contributed by atoms with Gasteiger partial charge in [-0.05, 0) is 43.0 Å². The van der Waals surface area contributed by atoms with Crippen LogP contribution in [-0.4, -0.2) is 34.7 Å². The fraction of sp³-hybridized carbons (Fsp3) is 0.261. The molecule has 6 nitrogen and oxygen atoms in total. The number of fused-ring (bicyclic) bond motifs is 1. The highest BCUT2D eigenvalue weighted by atomic mass is 16.2. The number of aromatic nitrogens is 2. The molecule has 1 atom stereocenters. The lowest BCUT2D eigenvalue weighted by molar-refractivity contribution is -0.120. The Morgan fingerprint density at radius 1 is 1.14 bits per heavy atom. The van der Waals surface area contributed by atoms with Crippen molar-refractivity contribution >= 4 is 17.5 Å². The number of nitrogens with zero attached hydrogens (tertiary/aromatic N) is 3. The lowest BCUT2D eigenvalue weighted by Gasteiger charge is -2.21. The summed E-state index contributed by atoms with van der Waals surface area (Å²) >= 11 is 0. The standard InChI is InChI=1S/C23H24N4O2/c1-16-14-20(25-27(16)15-17-8-4-3-5-9-17)22(28)24-19-13-12-18-10-6-7-11-21(18)26(2)23(19)29/h3-11,14,19H,12-13,15H2,1-2H3,(H,24,28). The third-order valence-corrected chi connectivity index (χ3v) is 5.38. The van der Waals surface area contributed by atoms with Gasteiger partial charge in [-0.25, -0.2) is 0 Å². The fourth-order valence-electron chi connectivity index (χ4n) is 3.73. The maximum atomic E-state index is 12.9. The molecule has 29 heavy (non-hydrogen) atoms. The Kier molecular flexibility index (Phi) is 5.16. The number of rotatable bonds is 4. The van der Waals surface area contributed by atoms with Crippen LogP contribution in [0.4, 0.5) is 5.69 Å². The number of nitrogens with one attached hydrogen (secondary N) is 1. The second-order valence-corrected chi connectivity index (χ2v) is 7.40. The van der Waals surface area contributed by atoms with Gasteiger partial charge in [0.25, 0.3) is 5.91 Å². The van der Waals surface area contributed by atoms with Crippen molar-refractivity contribution in [1.82, 2.24) is 15.1 Å². The molecule has 3 aromatic rings. The van der Waals surface area contributed by atoms with E-state index in [0.29, 0.717) is 18.7 Å².